The highest BCUT2D eigenvalue weighted by Crippen LogP contribution is 2.18. The molecule has 1 atom stereocenters. The summed E-state index contributed by atoms with van der Waals surface area (Å²) in [6, 6.07) is 1.08. The summed E-state index contributed by atoms with van der Waals surface area (Å²) in [4.78, 5) is 13.9. The largest absolute Gasteiger partial charge is 0.335 e. The fourth-order valence-corrected chi connectivity index (χ4v) is 2.35. The van der Waals surface area contributed by atoms with Gasteiger partial charge in [-0.3, -0.25) is 0 Å². The number of carbonyl (C=O) groups is 1. The third-order valence-electron chi connectivity index (χ3n) is 3.70. The van der Waals surface area contributed by atoms with E-state index in [0.29, 0.717) is 12.1 Å². The van der Waals surface area contributed by atoms with Crippen LogP contribution in [-0.2, 0) is 0 Å². The number of urea groups is 1. The van der Waals surface area contributed by atoms with Crippen molar-refractivity contribution in [3.63, 3.8) is 0 Å². The minimum Gasteiger partial charge on any atom is -0.335 e. The lowest BCUT2D eigenvalue weighted by molar-refractivity contribution is 0.184. The molecule has 4 nitrogen and oxygen atoms in total. The zero-order valence-corrected chi connectivity index (χ0v) is 10.2. The molecule has 1 aliphatic carbocycles. The molecule has 2 aliphatic rings. The van der Waals surface area contributed by atoms with E-state index >= 15 is 0 Å². The van der Waals surface area contributed by atoms with Crippen molar-refractivity contribution in [1.29, 1.82) is 0 Å². The average molecular weight is 225 g/mol. The Bertz CT molecular complexity index is 234. The molecule has 0 aromatic rings. The third-order valence-corrected chi connectivity index (χ3v) is 3.70. The fourth-order valence-electron chi connectivity index (χ4n) is 2.35. The molecule has 0 aromatic carbocycles. The number of hydrogen-bond acceptors (Lipinski definition) is 2. The molecule has 16 heavy (non-hydrogen) atoms. The molecule has 1 saturated carbocycles. The van der Waals surface area contributed by atoms with E-state index in [2.05, 4.69) is 17.6 Å². The molecule has 0 radical (unpaired) electrons. The summed E-state index contributed by atoms with van der Waals surface area (Å²) in [7, 11) is 0. The van der Waals surface area contributed by atoms with Gasteiger partial charge in [-0.15, -0.1) is 0 Å². The first-order valence-corrected chi connectivity index (χ1v) is 6.58. The minimum atomic E-state index is 0.126. The molecule has 1 saturated heterocycles. The summed E-state index contributed by atoms with van der Waals surface area (Å²) in [5.74, 6) is 0. The van der Waals surface area contributed by atoms with Crippen LogP contribution in [0.25, 0.3) is 0 Å². The quantitative estimate of drug-likeness (QED) is 0.758. The van der Waals surface area contributed by atoms with Crippen molar-refractivity contribution >= 4 is 6.03 Å². The lowest BCUT2D eigenvalue weighted by Crippen LogP contribution is -2.50. The molecule has 1 heterocycles. The van der Waals surface area contributed by atoms with E-state index in [-0.39, 0.29) is 6.03 Å². The Labute approximate surface area is 97.8 Å². The molecule has 2 fully saturated rings. The van der Waals surface area contributed by atoms with Crippen molar-refractivity contribution in [3.8, 4) is 0 Å². The van der Waals surface area contributed by atoms with Crippen molar-refractivity contribution < 1.29 is 4.79 Å². The number of nitrogens with zero attached hydrogens (tertiary/aromatic N) is 1. The number of carbonyl (C=O) groups excluding carboxylic acids is 1. The SMILES string of the molecule is CCN(CC1CCCN1)C(=O)NC1CCC1. The van der Waals surface area contributed by atoms with Crippen LogP contribution in [-0.4, -0.2) is 42.6 Å². The van der Waals surface area contributed by atoms with Gasteiger partial charge >= 0.3 is 6.03 Å². The number of amides is 2. The molecular formula is C12H23N3O. The summed E-state index contributed by atoms with van der Waals surface area (Å²) in [6.45, 7) is 4.81. The van der Waals surface area contributed by atoms with E-state index in [1.165, 1.54) is 19.3 Å². The van der Waals surface area contributed by atoms with Gasteiger partial charge in [-0.1, -0.05) is 0 Å². The maximum atomic E-state index is 12.0. The van der Waals surface area contributed by atoms with Gasteiger partial charge in [0.05, 0.1) is 0 Å². The van der Waals surface area contributed by atoms with Gasteiger partial charge in [-0.25, -0.2) is 4.79 Å². The van der Waals surface area contributed by atoms with Gasteiger partial charge in [-0.05, 0) is 45.6 Å². The molecule has 0 aromatic heterocycles. The van der Waals surface area contributed by atoms with Crippen LogP contribution < -0.4 is 10.6 Å². The Hall–Kier alpha value is -0.770. The lowest BCUT2D eigenvalue weighted by Gasteiger charge is -2.31. The van der Waals surface area contributed by atoms with Gasteiger partial charge in [0.1, 0.15) is 0 Å². The zero-order chi connectivity index (χ0) is 11.4. The highest BCUT2D eigenvalue weighted by atomic mass is 16.2. The second kappa shape index (κ2) is 5.53. The monoisotopic (exact) mass is 225 g/mol. The van der Waals surface area contributed by atoms with Crippen molar-refractivity contribution in [2.24, 2.45) is 0 Å². The Balaban J connectivity index is 1.75. The Morgan fingerprint density at radius 3 is 2.69 bits per heavy atom. The first-order valence-electron chi connectivity index (χ1n) is 6.58. The van der Waals surface area contributed by atoms with Crippen LogP contribution in [0.2, 0.25) is 0 Å². The highest BCUT2D eigenvalue weighted by Gasteiger charge is 2.24. The topological polar surface area (TPSA) is 44.4 Å². The molecule has 2 rings (SSSR count). The summed E-state index contributed by atoms with van der Waals surface area (Å²) >= 11 is 0. The fraction of sp³-hybridized carbons (Fsp3) is 0.917. The molecule has 0 spiro atoms. The maximum absolute atomic E-state index is 12.0. The summed E-state index contributed by atoms with van der Waals surface area (Å²) in [6.07, 6.45) is 6.02. The molecule has 4 heteroatoms. The normalized spacial score (nSPS) is 25.2. The van der Waals surface area contributed by atoms with E-state index in [9.17, 15) is 4.79 Å². The van der Waals surface area contributed by atoms with Crippen LogP contribution in [0, 0.1) is 0 Å². The zero-order valence-electron chi connectivity index (χ0n) is 10.2. The van der Waals surface area contributed by atoms with Crippen LogP contribution in [0.1, 0.15) is 39.0 Å². The Morgan fingerprint density at radius 2 is 2.19 bits per heavy atom. The van der Waals surface area contributed by atoms with Crippen LogP contribution in [0.3, 0.4) is 0 Å². The highest BCUT2D eigenvalue weighted by molar-refractivity contribution is 5.74. The van der Waals surface area contributed by atoms with E-state index in [0.717, 1.165) is 32.5 Å². The summed E-state index contributed by atoms with van der Waals surface area (Å²) in [5, 5.41) is 6.54. The van der Waals surface area contributed by atoms with Crippen molar-refractivity contribution in [3.05, 3.63) is 0 Å². The average Bonchev–Trinajstić information content (AvgIpc) is 2.72. The second-order valence-electron chi connectivity index (χ2n) is 4.91. The number of rotatable bonds is 4. The van der Waals surface area contributed by atoms with Crippen molar-refractivity contribution in [2.45, 2.75) is 51.1 Å². The van der Waals surface area contributed by atoms with Crippen molar-refractivity contribution in [2.75, 3.05) is 19.6 Å². The second-order valence-corrected chi connectivity index (χ2v) is 4.91. The first kappa shape index (κ1) is 11.7. The van der Waals surface area contributed by atoms with Crippen LogP contribution in [0.15, 0.2) is 0 Å². The van der Waals surface area contributed by atoms with E-state index in [1.54, 1.807) is 0 Å². The molecule has 0 bridgehead atoms. The molecule has 92 valence electrons. The van der Waals surface area contributed by atoms with Crippen LogP contribution in [0.4, 0.5) is 4.79 Å². The standard InChI is InChI=1S/C12H23N3O/c1-2-15(9-11-7-4-8-13-11)12(16)14-10-5-3-6-10/h10-11,13H,2-9H2,1H3,(H,14,16). The maximum Gasteiger partial charge on any atom is 0.317 e. The van der Waals surface area contributed by atoms with Gasteiger partial charge in [0.2, 0.25) is 0 Å². The molecule has 1 unspecified atom stereocenters. The van der Waals surface area contributed by atoms with Gasteiger partial charge in [0.25, 0.3) is 0 Å². The lowest BCUT2D eigenvalue weighted by atomic mass is 9.93. The molecular weight excluding hydrogens is 202 g/mol. The van der Waals surface area contributed by atoms with Crippen molar-refractivity contribution in [1.82, 2.24) is 15.5 Å². The Morgan fingerprint density at radius 1 is 1.38 bits per heavy atom. The summed E-state index contributed by atoms with van der Waals surface area (Å²) in [5.41, 5.74) is 0. The van der Waals surface area contributed by atoms with Gasteiger partial charge < -0.3 is 15.5 Å². The minimum absolute atomic E-state index is 0.126. The van der Waals surface area contributed by atoms with E-state index in [4.69, 9.17) is 0 Å². The Kier molecular flexibility index (Phi) is 4.04. The molecule has 1 aliphatic heterocycles. The van der Waals surface area contributed by atoms with E-state index < -0.39 is 0 Å². The number of likely N-dealkylation sites (N-methyl/N-ethyl adjacent to an activating group) is 1. The predicted molar refractivity (Wildman–Crippen MR) is 64.4 cm³/mol. The molecule has 2 amide bonds. The van der Waals surface area contributed by atoms with Crippen LogP contribution >= 0.6 is 0 Å². The number of hydrogen-bond donors (Lipinski definition) is 2. The third kappa shape index (κ3) is 2.88. The van der Waals surface area contributed by atoms with Crippen LogP contribution in [0.5, 0.6) is 0 Å². The smallest absolute Gasteiger partial charge is 0.317 e. The summed E-state index contributed by atoms with van der Waals surface area (Å²) < 4.78 is 0. The predicted octanol–water partition coefficient (Wildman–Crippen LogP) is 1.32. The van der Waals surface area contributed by atoms with Gasteiger partial charge in [0, 0.05) is 25.2 Å². The first-order chi connectivity index (χ1) is 7.79. The van der Waals surface area contributed by atoms with E-state index in [1.807, 2.05) is 4.90 Å². The van der Waals surface area contributed by atoms with Gasteiger partial charge in [-0.2, -0.15) is 0 Å². The number of nitrogens with one attached hydrogen (secondary N) is 2. The molecule has 2 N–H and O–H groups in total. The van der Waals surface area contributed by atoms with Gasteiger partial charge in [0.15, 0.2) is 0 Å².